The van der Waals surface area contributed by atoms with Gasteiger partial charge in [-0.1, -0.05) is 0 Å². The smallest absolute Gasteiger partial charge is 0.276 e. The summed E-state index contributed by atoms with van der Waals surface area (Å²) in [6, 6.07) is 0.617. The van der Waals surface area contributed by atoms with Gasteiger partial charge in [0.2, 0.25) is 11.9 Å². The first-order valence-corrected chi connectivity index (χ1v) is 2.10. The Morgan fingerprint density at radius 1 is 1.50 bits per heavy atom. The maximum Gasteiger partial charge on any atom is 0.412 e. The topological polar surface area (TPSA) is 47.6 Å². The zero-order chi connectivity index (χ0) is 8.36. The highest BCUT2D eigenvalue weighted by atomic mass is 19.4. The number of alkyl halides is 3. The molecule has 0 spiro atoms. The number of nitriles is 1. The fraction of sp³-hybridized carbons (Fsp3) is 0.500. The average molecular weight is 154 g/mol. The SMILES string of the molecule is N#CC(C(=N)F)C(F)(F)F. The molecule has 1 unspecified atom stereocenters. The molecule has 0 aromatic rings. The van der Waals surface area contributed by atoms with Crippen molar-refractivity contribution in [2.45, 2.75) is 6.18 Å². The van der Waals surface area contributed by atoms with Crippen molar-refractivity contribution >= 4 is 5.97 Å². The van der Waals surface area contributed by atoms with E-state index in [1.54, 1.807) is 0 Å². The van der Waals surface area contributed by atoms with Crippen molar-refractivity contribution in [3.8, 4) is 6.07 Å². The molecule has 10 heavy (non-hydrogen) atoms. The fourth-order valence-electron chi connectivity index (χ4n) is 0.274. The summed E-state index contributed by atoms with van der Waals surface area (Å²) in [5.41, 5.74) is 0. The summed E-state index contributed by atoms with van der Waals surface area (Å²) >= 11 is 0. The van der Waals surface area contributed by atoms with Crippen molar-refractivity contribution in [1.82, 2.24) is 0 Å². The van der Waals surface area contributed by atoms with Crippen molar-refractivity contribution in [2.24, 2.45) is 5.92 Å². The number of nitrogens with zero attached hydrogens (tertiary/aromatic N) is 1. The summed E-state index contributed by atoms with van der Waals surface area (Å²) in [5, 5.41) is 13.6. The summed E-state index contributed by atoms with van der Waals surface area (Å²) in [6.45, 7) is 0. The first-order chi connectivity index (χ1) is 4.39. The minimum Gasteiger partial charge on any atom is -0.276 e. The molecule has 0 aromatic carbocycles. The molecule has 0 saturated carbocycles. The molecule has 0 aliphatic heterocycles. The van der Waals surface area contributed by atoms with Crippen molar-refractivity contribution in [3.05, 3.63) is 0 Å². The fourth-order valence-corrected chi connectivity index (χ4v) is 0.274. The molecule has 0 aromatic heterocycles. The van der Waals surface area contributed by atoms with Crippen LogP contribution in [0.5, 0.6) is 0 Å². The number of halogens is 4. The van der Waals surface area contributed by atoms with Crippen LogP contribution in [0.3, 0.4) is 0 Å². The number of rotatable bonds is 1. The van der Waals surface area contributed by atoms with E-state index in [1.807, 2.05) is 0 Å². The van der Waals surface area contributed by atoms with Gasteiger partial charge in [0.15, 0.2) is 0 Å². The van der Waals surface area contributed by atoms with Gasteiger partial charge >= 0.3 is 6.18 Å². The summed E-state index contributed by atoms with van der Waals surface area (Å²) in [4.78, 5) is 0. The predicted molar refractivity (Wildman–Crippen MR) is 24.0 cm³/mol. The predicted octanol–water partition coefficient (Wildman–Crippen LogP) is 1.64. The van der Waals surface area contributed by atoms with Crippen molar-refractivity contribution in [3.63, 3.8) is 0 Å². The van der Waals surface area contributed by atoms with Gasteiger partial charge < -0.3 is 0 Å². The van der Waals surface area contributed by atoms with Crippen molar-refractivity contribution in [2.75, 3.05) is 0 Å². The van der Waals surface area contributed by atoms with Crippen LogP contribution < -0.4 is 0 Å². The minimum absolute atomic E-state index is 0.617. The van der Waals surface area contributed by atoms with Gasteiger partial charge in [-0.3, -0.25) is 5.41 Å². The molecular weight excluding hydrogens is 152 g/mol. The van der Waals surface area contributed by atoms with Crippen molar-refractivity contribution in [1.29, 1.82) is 10.7 Å². The summed E-state index contributed by atoms with van der Waals surface area (Å²) in [7, 11) is 0. The minimum atomic E-state index is -4.97. The Labute approximate surface area is 53.6 Å². The number of hydrogen-bond donors (Lipinski definition) is 1. The van der Waals surface area contributed by atoms with E-state index in [9.17, 15) is 17.6 Å². The maximum absolute atomic E-state index is 11.5. The van der Waals surface area contributed by atoms with E-state index < -0.39 is 18.1 Å². The van der Waals surface area contributed by atoms with Gasteiger partial charge in [-0.05, 0) is 0 Å². The molecule has 0 bridgehead atoms. The van der Waals surface area contributed by atoms with Gasteiger partial charge in [0.05, 0.1) is 6.07 Å². The normalized spacial score (nSPS) is 13.9. The Bertz CT molecular complexity index is 177. The van der Waals surface area contributed by atoms with Crippen LogP contribution in [0, 0.1) is 22.7 Å². The first-order valence-electron chi connectivity index (χ1n) is 2.10. The second kappa shape index (κ2) is 2.64. The first kappa shape index (κ1) is 8.88. The lowest BCUT2D eigenvalue weighted by Gasteiger charge is -2.07. The highest BCUT2D eigenvalue weighted by molar-refractivity contribution is 5.77. The molecule has 1 N–H and O–H groups in total. The molecule has 0 fully saturated rings. The molecule has 0 heterocycles. The maximum atomic E-state index is 11.5. The van der Waals surface area contributed by atoms with Gasteiger partial charge in [0.1, 0.15) is 0 Å². The molecular formula is C4H2F4N2. The molecule has 0 aliphatic carbocycles. The third-order valence-electron chi connectivity index (χ3n) is 0.710. The molecule has 0 rings (SSSR count). The Balaban J connectivity index is 4.42. The highest BCUT2D eigenvalue weighted by Crippen LogP contribution is 2.26. The molecule has 0 amide bonds. The molecule has 6 heteroatoms. The summed E-state index contributed by atoms with van der Waals surface area (Å²) < 4.78 is 45.6. The second-order valence-electron chi connectivity index (χ2n) is 1.45. The van der Waals surface area contributed by atoms with Gasteiger partial charge in [0.25, 0.3) is 0 Å². The van der Waals surface area contributed by atoms with Gasteiger partial charge in [-0.15, -0.1) is 0 Å². The summed E-state index contributed by atoms with van der Waals surface area (Å²) in [6.07, 6.45) is -4.97. The van der Waals surface area contributed by atoms with E-state index >= 15 is 0 Å². The monoisotopic (exact) mass is 154 g/mol. The quantitative estimate of drug-likeness (QED) is 0.452. The third-order valence-corrected chi connectivity index (χ3v) is 0.710. The lowest BCUT2D eigenvalue weighted by Crippen LogP contribution is -2.26. The van der Waals surface area contributed by atoms with E-state index in [0.29, 0.717) is 6.07 Å². The Kier molecular flexibility index (Phi) is 2.35. The van der Waals surface area contributed by atoms with Crippen LogP contribution in [-0.2, 0) is 0 Å². The zero-order valence-corrected chi connectivity index (χ0v) is 4.54. The van der Waals surface area contributed by atoms with E-state index in [1.165, 1.54) is 0 Å². The molecule has 56 valence electrons. The lowest BCUT2D eigenvalue weighted by atomic mass is 10.2. The van der Waals surface area contributed by atoms with E-state index in [0.717, 1.165) is 0 Å². The van der Waals surface area contributed by atoms with Crippen LogP contribution >= 0.6 is 0 Å². The standard InChI is InChI=1S/C4H2F4N2/c5-3(10)2(1-9)4(6,7)8/h2,10H. The molecule has 0 aliphatic rings. The second-order valence-corrected chi connectivity index (χ2v) is 1.45. The molecule has 1 atom stereocenters. The van der Waals surface area contributed by atoms with E-state index in [4.69, 9.17) is 10.7 Å². The average Bonchev–Trinajstić information content (AvgIpc) is 1.60. The molecule has 0 saturated heterocycles. The number of nitrogens with one attached hydrogen (secondary N) is 1. The molecule has 2 nitrogen and oxygen atoms in total. The van der Waals surface area contributed by atoms with Crippen LogP contribution in [-0.4, -0.2) is 12.1 Å². The van der Waals surface area contributed by atoms with Crippen LogP contribution in [0.1, 0.15) is 0 Å². The zero-order valence-electron chi connectivity index (χ0n) is 4.54. The van der Waals surface area contributed by atoms with Crippen LogP contribution in [0.25, 0.3) is 0 Å². The Morgan fingerprint density at radius 2 is 1.90 bits per heavy atom. The number of hydrogen-bond acceptors (Lipinski definition) is 2. The molecule has 0 radical (unpaired) electrons. The van der Waals surface area contributed by atoms with Crippen molar-refractivity contribution < 1.29 is 17.6 Å². The van der Waals surface area contributed by atoms with Gasteiger partial charge in [-0.2, -0.15) is 22.8 Å². The van der Waals surface area contributed by atoms with E-state index in [-0.39, 0.29) is 0 Å². The Morgan fingerprint density at radius 3 is 1.90 bits per heavy atom. The van der Waals surface area contributed by atoms with E-state index in [2.05, 4.69) is 0 Å². The largest absolute Gasteiger partial charge is 0.412 e. The highest BCUT2D eigenvalue weighted by Gasteiger charge is 2.43. The van der Waals surface area contributed by atoms with Crippen LogP contribution in [0.15, 0.2) is 0 Å². The summed E-state index contributed by atoms with van der Waals surface area (Å²) in [5.74, 6) is -5.08. The lowest BCUT2D eigenvalue weighted by molar-refractivity contribution is -0.143. The van der Waals surface area contributed by atoms with Gasteiger partial charge in [0, 0.05) is 0 Å². The Hall–Kier alpha value is -1.12. The van der Waals surface area contributed by atoms with Gasteiger partial charge in [-0.25, -0.2) is 0 Å². The van der Waals surface area contributed by atoms with Crippen LogP contribution in [0.2, 0.25) is 0 Å². The third kappa shape index (κ3) is 2.01. The van der Waals surface area contributed by atoms with Crippen LogP contribution in [0.4, 0.5) is 17.6 Å².